The fourth-order valence-electron chi connectivity index (χ4n) is 3.93. The van der Waals surface area contributed by atoms with Gasteiger partial charge in [-0.2, -0.15) is 0 Å². The van der Waals surface area contributed by atoms with Crippen LogP contribution in [-0.2, 0) is 4.79 Å². The van der Waals surface area contributed by atoms with E-state index < -0.39 is 6.04 Å². The maximum Gasteiger partial charge on any atom is 0.252 e. The van der Waals surface area contributed by atoms with E-state index in [0.29, 0.717) is 29.5 Å². The van der Waals surface area contributed by atoms with Gasteiger partial charge >= 0.3 is 0 Å². The molecule has 2 atom stereocenters. The predicted octanol–water partition coefficient (Wildman–Crippen LogP) is 3.10. The average Bonchev–Trinajstić information content (AvgIpc) is 3.30. The predicted molar refractivity (Wildman–Crippen MR) is 125 cm³/mol. The zero-order valence-corrected chi connectivity index (χ0v) is 19.3. The summed E-state index contributed by atoms with van der Waals surface area (Å²) in [4.78, 5) is 28.1. The van der Waals surface area contributed by atoms with Gasteiger partial charge in [-0.25, -0.2) is 0 Å². The SMILES string of the molecule is COc1cc(OC)cc(C(=O)NC(C(=O)NCC2CCN(c3ccccc3)C2)C(C)C)c1. The molecule has 2 N–H and O–H groups in total. The first kappa shape index (κ1) is 23.4. The Kier molecular flexibility index (Phi) is 7.98. The number of anilines is 1. The Balaban J connectivity index is 1.57. The first-order valence-electron chi connectivity index (χ1n) is 11.0. The topological polar surface area (TPSA) is 79.9 Å². The Morgan fingerprint density at radius 3 is 2.31 bits per heavy atom. The van der Waals surface area contributed by atoms with E-state index in [1.165, 1.54) is 19.9 Å². The number of carbonyl (C=O) groups is 2. The molecule has 1 heterocycles. The Bertz CT molecular complexity index is 894. The normalized spacial score (nSPS) is 16.5. The molecule has 7 heteroatoms. The zero-order chi connectivity index (χ0) is 23.1. The highest BCUT2D eigenvalue weighted by Crippen LogP contribution is 2.24. The number of rotatable bonds is 9. The summed E-state index contributed by atoms with van der Waals surface area (Å²) in [7, 11) is 3.06. The summed E-state index contributed by atoms with van der Waals surface area (Å²) in [6, 6.07) is 14.6. The van der Waals surface area contributed by atoms with Crippen LogP contribution in [0.15, 0.2) is 48.5 Å². The standard InChI is InChI=1S/C25H33N3O4/c1-17(2)23(27-24(29)19-12-21(31-3)14-22(13-19)32-4)25(30)26-15-18-10-11-28(16-18)20-8-6-5-7-9-20/h5-9,12-14,17-18,23H,10-11,15-16H2,1-4H3,(H,26,30)(H,27,29). The third-order valence-corrected chi connectivity index (χ3v) is 5.82. The molecule has 3 rings (SSSR count). The molecule has 172 valence electrons. The number of nitrogens with zero attached hydrogens (tertiary/aromatic N) is 1. The van der Waals surface area contributed by atoms with Crippen LogP contribution < -0.4 is 25.0 Å². The number of amides is 2. The largest absolute Gasteiger partial charge is 0.497 e. The molecule has 1 aliphatic rings. The second-order valence-electron chi connectivity index (χ2n) is 8.48. The third kappa shape index (κ3) is 5.93. The first-order valence-corrected chi connectivity index (χ1v) is 11.0. The molecule has 0 bridgehead atoms. The molecule has 0 radical (unpaired) electrons. The fourth-order valence-corrected chi connectivity index (χ4v) is 3.93. The smallest absolute Gasteiger partial charge is 0.252 e. The van der Waals surface area contributed by atoms with E-state index in [4.69, 9.17) is 9.47 Å². The molecule has 1 aliphatic heterocycles. The van der Waals surface area contributed by atoms with Gasteiger partial charge in [0.25, 0.3) is 5.91 Å². The molecule has 0 aromatic heterocycles. The molecule has 1 saturated heterocycles. The lowest BCUT2D eigenvalue weighted by Gasteiger charge is -2.23. The second kappa shape index (κ2) is 10.9. The third-order valence-electron chi connectivity index (χ3n) is 5.82. The summed E-state index contributed by atoms with van der Waals surface area (Å²) >= 11 is 0. The van der Waals surface area contributed by atoms with E-state index in [-0.39, 0.29) is 17.7 Å². The van der Waals surface area contributed by atoms with Gasteiger partial charge in [0.15, 0.2) is 0 Å². The summed E-state index contributed by atoms with van der Waals surface area (Å²) in [6.45, 7) is 6.32. The molecule has 1 fully saturated rings. The van der Waals surface area contributed by atoms with Gasteiger partial charge in [-0.3, -0.25) is 9.59 Å². The average molecular weight is 440 g/mol. The highest BCUT2D eigenvalue weighted by atomic mass is 16.5. The van der Waals surface area contributed by atoms with Crippen molar-refractivity contribution in [1.82, 2.24) is 10.6 Å². The van der Waals surface area contributed by atoms with Crippen molar-refractivity contribution in [2.45, 2.75) is 26.3 Å². The van der Waals surface area contributed by atoms with Crippen molar-refractivity contribution in [3.05, 3.63) is 54.1 Å². The molecule has 0 spiro atoms. The van der Waals surface area contributed by atoms with Gasteiger partial charge in [0, 0.05) is 37.0 Å². The second-order valence-corrected chi connectivity index (χ2v) is 8.48. The van der Waals surface area contributed by atoms with Crippen LogP contribution in [0.3, 0.4) is 0 Å². The van der Waals surface area contributed by atoms with Crippen molar-refractivity contribution in [2.24, 2.45) is 11.8 Å². The van der Waals surface area contributed by atoms with Gasteiger partial charge in [-0.05, 0) is 42.5 Å². The molecule has 0 aliphatic carbocycles. The summed E-state index contributed by atoms with van der Waals surface area (Å²) in [5, 5.41) is 5.92. The number of nitrogens with one attached hydrogen (secondary N) is 2. The van der Waals surface area contributed by atoms with Gasteiger partial charge in [-0.1, -0.05) is 32.0 Å². The van der Waals surface area contributed by atoms with Crippen LogP contribution in [0.5, 0.6) is 11.5 Å². The summed E-state index contributed by atoms with van der Waals surface area (Å²) in [6.07, 6.45) is 1.03. The van der Waals surface area contributed by atoms with Crippen molar-refractivity contribution in [2.75, 3.05) is 38.8 Å². The van der Waals surface area contributed by atoms with Crippen LogP contribution in [0.4, 0.5) is 5.69 Å². The lowest BCUT2D eigenvalue weighted by molar-refractivity contribution is -0.124. The molecule has 2 aromatic carbocycles. The summed E-state index contributed by atoms with van der Waals surface area (Å²) in [5.74, 6) is 0.850. The van der Waals surface area contributed by atoms with E-state index in [0.717, 1.165) is 19.5 Å². The van der Waals surface area contributed by atoms with Gasteiger partial charge < -0.3 is 25.0 Å². The fraction of sp³-hybridized carbons (Fsp3) is 0.440. The van der Waals surface area contributed by atoms with E-state index in [2.05, 4.69) is 27.7 Å². The molecule has 7 nitrogen and oxygen atoms in total. The van der Waals surface area contributed by atoms with Crippen LogP contribution >= 0.6 is 0 Å². The minimum absolute atomic E-state index is 0.0594. The Hall–Kier alpha value is -3.22. The van der Waals surface area contributed by atoms with Crippen molar-refractivity contribution in [3.8, 4) is 11.5 Å². The number of hydrogen-bond donors (Lipinski definition) is 2. The number of ether oxygens (including phenoxy) is 2. The van der Waals surface area contributed by atoms with Gasteiger partial charge in [0.1, 0.15) is 17.5 Å². The number of carbonyl (C=O) groups excluding carboxylic acids is 2. The lowest BCUT2D eigenvalue weighted by Crippen LogP contribution is -2.50. The van der Waals surface area contributed by atoms with E-state index in [9.17, 15) is 9.59 Å². The number of hydrogen-bond acceptors (Lipinski definition) is 5. The zero-order valence-electron chi connectivity index (χ0n) is 19.3. The van der Waals surface area contributed by atoms with Crippen molar-refractivity contribution in [1.29, 1.82) is 0 Å². The maximum absolute atomic E-state index is 12.9. The van der Waals surface area contributed by atoms with Crippen LogP contribution in [0.1, 0.15) is 30.6 Å². The van der Waals surface area contributed by atoms with Crippen molar-refractivity contribution < 1.29 is 19.1 Å². The molecule has 2 amide bonds. The lowest BCUT2D eigenvalue weighted by atomic mass is 10.0. The molecular weight excluding hydrogens is 406 g/mol. The van der Waals surface area contributed by atoms with Gasteiger partial charge in [-0.15, -0.1) is 0 Å². The van der Waals surface area contributed by atoms with Gasteiger partial charge in [0.2, 0.25) is 5.91 Å². The van der Waals surface area contributed by atoms with E-state index in [1.54, 1.807) is 18.2 Å². The minimum atomic E-state index is -0.633. The monoisotopic (exact) mass is 439 g/mol. The van der Waals surface area contributed by atoms with E-state index in [1.807, 2.05) is 32.0 Å². The molecular formula is C25H33N3O4. The highest BCUT2D eigenvalue weighted by Gasteiger charge is 2.28. The quantitative estimate of drug-likeness (QED) is 0.628. The number of benzene rings is 2. The van der Waals surface area contributed by atoms with E-state index >= 15 is 0 Å². The minimum Gasteiger partial charge on any atom is -0.497 e. The van der Waals surface area contributed by atoms with Crippen molar-refractivity contribution in [3.63, 3.8) is 0 Å². The Labute approximate surface area is 190 Å². The summed E-state index contributed by atoms with van der Waals surface area (Å²) < 4.78 is 10.5. The molecule has 32 heavy (non-hydrogen) atoms. The van der Waals surface area contributed by atoms with Crippen LogP contribution in [0, 0.1) is 11.8 Å². The maximum atomic E-state index is 12.9. The van der Waals surface area contributed by atoms with Crippen LogP contribution in [0.25, 0.3) is 0 Å². The Morgan fingerprint density at radius 2 is 1.72 bits per heavy atom. The number of para-hydroxylation sites is 1. The highest BCUT2D eigenvalue weighted by molar-refractivity contribution is 5.98. The van der Waals surface area contributed by atoms with Crippen molar-refractivity contribution >= 4 is 17.5 Å². The van der Waals surface area contributed by atoms with Crippen LogP contribution in [-0.4, -0.2) is 51.7 Å². The molecule has 2 unspecified atom stereocenters. The van der Waals surface area contributed by atoms with Crippen LogP contribution in [0.2, 0.25) is 0 Å². The summed E-state index contributed by atoms with van der Waals surface area (Å²) in [5.41, 5.74) is 1.59. The molecule has 0 saturated carbocycles. The Morgan fingerprint density at radius 1 is 1.06 bits per heavy atom. The molecule has 2 aromatic rings. The number of methoxy groups -OCH3 is 2. The van der Waals surface area contributed by atoms with Gasteiger partial charge in [0.05, 0.1) is 14.2 Å². The first-order chi connectivity index (χ1) is 15.4.